The molecule has 0 saturated heterocycles. The zero-order chi connectivity index (χ0) is 13.8. The van der Waals surface area contributed by atoms with Crippen molar-refractivity contribution in [1.82, 2.24) is 4.98 Å². The highest BCUT2D eigenvalue weighted by Gasteiger charge is 2.14. The van der Waals surface area contributed by atoms with Gasteiger partial charge < -0.3 is 10.6 Å². The molecule has 2 N–H and O–H groups in total. The number of nitrogen functional groups attached to an aromatic ring is 1. The molecule has 0 spiro atoms. The second-order valence-electron chi connectivity index (χ2n) is 5.08. The van der Waals surface area contributed by atoms with E-state index in [1.807, 2.05) is 30.6 Å². The van der Waals surface area contributed by atoms with E-state index in [-0.39, 0.29) is 0 Å². The number of nitrogens with zero attached hydrogens (tertiary/aromatic N) is 2. The van der Waals surface area contributed by atoms with E-state index in [0.29, 0.717) is 6.04 Å². The van der Waals surface area contributed by atoms with Crippen molar-refractivity contribution in [3.05, 3.63) is 53.9 Å². The highest BCUT2D eigenvalue weighted by Crippen LogP contribution is 2.24. The molecule has 0 aliphatic rings. The van der Waals surface area contributed by atoms with Crippen molar-refractivity contribution in [2.45, 2.75) is 33.4 Å². The SMILES string of the molecule is Cc1cnccc1N(Cc1ccccc1N)C(C)C. The summed E-state index contributed by atoms with van der Waals surface area (Å²) in [6.45, 7) is 7.29. The summed E-state index contributed by atoms with van der Waals surface area (Å²) in [6.07, 6.45) is 3.74. The Bertz CT molecular complexity index is 549. The first-order valence-electron chi connectivity index (χ1n) is 6.60. The largest absolute Gasteiger partial charge is 0.398 e. The summed E-state index contributed by atoms with van der Waals surface area (Å²) >= 11 is 0. The second kappa shape index (κ2) is 5.74. The number of aromatic nitrogens is 1. The van der Waals surface area contributed by atoms with Gasteiger partial charge in [0.2, 0.25) is 0 Å². The standard InChI is InChI=1S/C16H21N3/c1-12(2)19(16-8-9-18-10-13(16)3)11-14-6-4-5-7-15(14)17/h4-10,12H,11,17H2,1-3H3. The maximum absolute atomic E-state index is 6.05. The summed E-state index contributed by atoms with van der Waals surface area (Å²) in [6, 6.07) is 10.5. The zero-order valence-corrected chi connectivity index (χ0v) is 11.8. The number of hydrogen-bond donors (Lipinski definition) is 1. The van der Waals surface area contributed by atoms with Gasteiger partial charge >= 0.3 is 0 Å². The molecule has 2 rings (SSSR count). The van der Waals surface area contributed by atoms with Gasteiger partial charge in [0.25, 0.3) is 0 Å². The molecule has 0 saturated carbocycles. The molecule has 3 heteroatoms. The van der Waals surface area contributed by atoms with E-state index in [1.54, 1.807) is 0 Å². The van der Waals surface area contributed by atoms with Crippen LogP contribution >= 0.6 is 0 Å². The third kappa shape index (κ3) is 3.05. The maximum atomic E-state index is 6.05. The van der Waals surface area contributed by atoms with Gasteiger partial charge in [-0.05, 0) is 44.0 Å². The van der Waals surface area contributed by atoms with Crippen LogP contribution in [-0.4, -0.2) is 11.0 Å². The van der Waals surface area contributed by atoms with Gasteiger partial charge in [-0.15, -0.1) is 0 Å². The topological polar surface area (TPSA) is 42.2 Å². The van der Waals surface area contributed by atoms with Crippen LogP contribution in [0.1, 0.15) is 25.0 Å². The van der Waals surface area contributed by atoms with E-state index in [9.17, 15) is 0 Å². The van der Waals surface area contributed by atoms with Crippen LogP contribution < -0.4 is 10.6 Å². The fourth-order valence-electron chi connectivity index (χ4n) is 2.20. The highest BCUT2D eigenvalue weighted by atomic mass is 15.2. The average Bonchev–Trinajstić information content (AvgIpc) is 2.38. The minimum absolute atomic E-state index is 0.403. The van der Waals surface area contributed by atoms with Crippen LogP contribution in [0.3, 0.4) is 0 Å². The molecule has 0 radical (unpaired) electrons. The van der Waals surface area contributed by atoms with Crippen LogP contribution in [-0.2, 0) is 6.54 Å². The summed E-state index contributed by atoms with van der Waals surface area (Å²) < 4.78 is 0. The van der Waals surface area contributed by atoms with Crippen LogP contribution in [0.5, 0.6) is 0 Å². The molecular weight excluding hydrogens is 234 g/mol. The van der Waals surface area contributed by atoms with E-state index in [0.717, 1.165) is 17.8 Å². The molecular formula is C16H21N3. The molecule has 0 aliphatic carbocycles. The molecule has 1 aromatic heterocycles. The molecule has 19 heavy (non-hydrogen) atoms. The van der Waals surface area contributed by atoms with E-state index < -0.39 is 0 Å². The molecule has 100 valence electrons. The van der Waals surface area contributed by atoms with E-state index in [2.05, 4.69) is 42.8 Å². The van der Waals surface area contributed by atoms with Crippen LogP contribution in [0.25, 0.3) is 0 Å². The van der Waals surface area contributed by atoms with Gasteiger partial charge in [-0.3, -0.25) is 4.98 Å². The average molecular weight is 255 g/mol. The van der Waals surface area contributed by atoms with Gasteiger partial charge in [0, 0.05) is 36.4 Å². The predicted octanol–water partition coefficient (Wildman–Crippen LogP) is 3.39. The van der Waals surface area contributed by atoms with Crippen LogP contribution in [0.15, 0.2) is 42.7 Å². The number of pyridine rings is 1. The molecule has 0 atom stereocenters. The quantitative estimate of drug-likeness (QED) is 0.851. The summed E-state index contributed by atoms with van der Waals surface area (Å²) in [5.41, 5.74) is 10.5. The van der Waals surface area contributed by atoms with Gasteiger partial charge in [0.15, 0.2) is 0 Å². The first-order valence-corrected chi connectivity index (χ1v) is 6.60. The number of benzene rings is 1. The van der Waals surface area contributed by atoms with Crippen molar-refractivity contribution in [1.29, 1.82) is 0 Å². The van der Waals surface area contributed by atoms with Crippen molar-refractivity contribution in [3.63, 3.8) is 0 Å². The lowest BCUT2D eigenvalue weighted by molar-refractivity contribution is 0.680. The number of anilines is 2. The minimum atomic E-state index is 0.403. The molecule has 3 nitrogen and oxygen atoms in total. The van der Waals surface area contributed by atoms with Gasteiger partial charge in [-0.25, -0.2) is 0 Å². The fourth-order valence-corrected chi connectivity index (χ4v) is 2.20. The molecule has 1 aromatic carbocycles. The number of para-hydroxylation sites is 1. The molecule has 1 heterocycles. The Kier molecular flexibility index (Phi) is 4.05. The third-order valence-corrected chi connectivity index (χ3v) is 3.32. The van der Waals surface area contributed by atoms with Gasteiger partial charge in [-0.1, -0.05) is 18.2 Å². The van der Waals surface area contributed by atoms with Gasteiger partial charge in [-0.2, -0.15) is 0 Å². The first kappa shape index (κ1) is 13.4. The zero-order valence-electron chi connectivity index (χ0n) is 11.8. The smallest absolute Gasteiger partial charge is 0.0452 e. The summed E-state index contributed by atoms with van der Waals surface area (Å²) in [5, 5.41) is 0. The normalized spacial score (nSPS) is 10.7. The summed E-state index contributed by atoms with van der Waals surface area (Å²) in [5.74, 6) is 0. The monoisotopic (exact) mass is 255 g/mol. The fraction of sp³-hybridized carbons (Fsp3) is 0.312. The molecule has 0 unspecified atom stereocenters. The Morgan fingerprint density at radius 3 is 2.58 bits per heavy atom. The number of nitrogens with two attached hydrogens (primary N) is 1. The Balaban J connectivity index is 2.33. The minimum Gasteiger partial charge on any atom is -0.398 e. The Morgan fingerprint density at radius 2 is 1.95 bits per heavy atom. The Hall–Kier alpha value is -2.03. The number of hydrogen-bond acceptors (Lipinski definition) is 3. The van der Waals surface area contributed by atoms with Crippen LogP contribution in [0.4, 0.5) is 11.4 Å². The Morgan fingerprint density at radius 1 is 1.21 bits per heavy atom. The number of aryl methyl sites for hydroxylation is 1. The lowest BCUT2D eigenvalue weighted by Crippen LogP contribution is -2.31. The Labute approximate surface area is 115 Å². The van der Waals surface area contributed by atoms with Crippen molar-refractivity contribution < 1.29 is 0 Å². The maximum Gasteiger partial charge on any atom is 0.0452 e. The lowest BCUT2D eigenvalue weighted by atomic mass is 10.1. The first-order chi connectivity index (χ1) is 9.09. The van der Waals surface area contributed by atoms with E-state index in [1.165, 1.54) is 11.3 Å². The summed E-state index contributed by atoms with van der Waals surface area (Å²) in [7, 11) is 0. The van der Waals surface area contributed by atoms with E-state index >= 15 is 0 Å². The number of rotatable bonds is 4. The molecule has 0 amide bonds. The second-order valence-corrected chi connectivity index (χ2v) is 5.08. The lowest BCUT2D eigenvalue weighted by Gasteiger charge is -2.30. The predicted molar refractivity (Wildman–Crippen MR) is 81.1 cm³/mol. The van der Waals surface area contributed by atoms with Crippen molar-refractivity contribution in [2.75, 3.05) is 10.6 Å². The molecule has 0 aliphatic heterocycles. The van der Waals surface area contributed by atoms with Crippen LogP contribution in [0.2, 0.25) is 0 Å². The van der Waals surface area contributed by atoms with Crippen LogP contribution in [0, 0.1) is 6.92 Å². The summed E-state index contributed by atoms with van der Waals surface area (Å²) in [4.78, 5) is 6.51. The van der Waals surface area contributed by atoms with Gasteiger partial charge in [0.05, 0.1) is 0 Å². The van der Waals surface area contributed by atoms with Crippen molar-refractivity contribution in [2.24, 2.45) is 0 Å². The molecule has 0 bridgehead atoms. The van der Waals surface area contributed by atoms with Crippen molar-refractivity contribution in [3.8, 4) is 0 Å². The van der Waals surface area contributed by atoms with Crippen molar-refractivity contribution >= 4 is 11.4 Å². The third-order valence-electron chi connectivity index (χ3n) is 3.32. The van der Waals surface area contributed by atoms with Gasteiger partial charge in [0.1, 0.15) is 0 Å². The molecule has 2 aromatic rings. The highest BCUT2D eigenvalue weighted by molar-refractivity contribution is 5.55. The van der Waals surface area contributed by atoms with E-state index in [4.69, 9.17) is 5.73 Å². The molecule has 0 fully saturated rings.